The highest BCUT2D eigenvalue weighted by molar-refractivity contribution is 6.44. The first kappa shape index (κ1) is 16.3. The Morgan fingerprint density at radius 2 is 1.36 bits per heavy atom. The van der Waals surface area contributed by atoms with Crippen LogP contribution in [0.25, 0.3) is 0 Å². The molecule has 1 atom stereocenters. The Balaban J connectivity index is 1.89. The van der Waals surface area contributed by atoms with Gasteiger partial charge in [-0.05, 0) is 24.4 Å². The van der Waals surface area contributed by atoms with Gasteiger partial charge in [-0.25, -0.2) is 0 Å². The lowest BCUT2D eigenvalue weighted by atomic mass is 9.78. The molecule has 0 amide bonds. The van der Waals surface area contributed by atoms with E-state index in [1.54, 1.807) is 0 Å². The second-order valence-corrected chi connectivity index (χ2v) is 5.29. The van der Waals surface area contributed by atoms with E-state index in [2.05, 4.69) is 6.07 Å². The maximum Gasteiger partial charge on any atom is 0.458 e. The standard InChI is InChI=1S/C18H20BNO2/c1-16(13-20)12-19(21-14-17-8-4-2-5-9-17)22-15-18-10-6-3-7-11-18/h2-11,16H,12,14-15H2,1H3. The van der Waals surface area contributed by atoms with Crippen molar-refractivity contribution in [2.75, 3.05) is 0 Å². The average molecular weight is 293 g/mol. The first-order valence-corrected chi connectivity index (χ1v) is 7.48. The first-order chi connectivity index (χ1) is 10.8. The van der Waals surface area contributed by atoms with Crippen LogP contribution in [0.1, 0.15) is 18.1 Å². The zero-order valence-electron chi connectivity index (χ0n) is 12.8. The molecule has 0 saturated carbocycles. The van der Waals surface area contributed by atoms with Crippen molar-refractivity contribution in [2.24, 2.45) is 5.92 Å². The monoisotopic (exact) mass is 293 g/mol. The van der Waals surface area contributed by atoms with Crippen LogP contribution in [-0.4, -0.2) is 7.12 Å². The summed E-state index contributed by atoms with van der Waals surface area (Å²) in [5, 5.41) is 8.99. The molecule has 2 rings (SSSR count). The number of hydrogen-bond acceptors (Lipinski definition) is 3. The van der Waals surface area contributed by atoms with Crippen molar-refractivity contribution in [1.82, 2.24) is 0 Å². The van der Waals surface area contributed by atoms with Crippen LogP contribution in [0.15, 0.2) is 60.7 Å². The predicted octanol–water partition coefficient (Wildman–Crippen LogP) is 4.07. The molecule has 1 unspecified atom stereocenters. The molecule has 3 nitrogen and oxygen atoms in total. The van der Waals surface area contributed by atoms with Crippen LogP contribution in [0.4, 0.5) is 0 Å². The van der Waals surface area contributed by atoms with Gasteiger partial charge >= 0.3 is 7.12 Å². The largest absolute Gasteiger partial charge is 0.458 e. The van der Waals surface area contributed by atoms with Crippen LogP contribution in [0.2, 0.25) is 6.32 Å². The number of nitriles is 1. The Morgan fingerprint density at radius 3 is 1.77 bits per heavy atom. The lowest BCUT2D eigenvalue weighted by molar-refractivity contribution is 0.179. The molecule has 0 aromatic heterocycles. The normalized spacial score (nSPS) is 11.6. The Kier molecular flexibility index (Phi) is 6.69. The third kappa shape index (κ3) is 5.73. The summed E-state index contributed by atoms with van der Waals surface area (Å²) in [6, 6.07) is 22.2. The van der Waals surface area contributed by atoms with Gasteiger partial charge in [0.15, 0.2) is 0 Å². The van der Waals surface area contributed by atoms with Crippen molar-refractivity contribution in [2.45, 2.75) is 26.5 Å². The number of hydrogen-bond donors (Lipinski definition) is 0. The Morgan fingerprint density at radius 1 is 0.909 bits per heavy atom. The van der Waals surface area contributed by atoms with Crippen molar-refractivity contribution in [1.29, 1.82) is 5.26 Å². The molecule has 22 heavy (non-hydrogen) atoms. The molecular formula is C18H20BNO2. The van der Waals surface area contributed by atoms with Crippen LogP contribution >= 0.6 is 0 Å². The van der Waals surface area contributed by atoms with Gasteiger partial charge in [0.25, 0.3) is 0 Å². The summed E-state index contributed by atoms with van der Waals surface area (Å²) in [4.78, 5) is 0. The molecule has 0 fully saturated rings. The van der Waals surface area contributed by atoms with Crippen molar-refractivity contribution >= 4 is 7.12 Å². The summed E-state index contributed by atoms with van der Waals surface area (Å²) >= 11 is 0. The highest BCUT2D eigenvalue weighted by atomic mass is 16.6. The van der Waals surface area contributed by atoms with Crippen molar-refractivity contribution in [3.8, 4) is 6.07 Å². The van der Waals surface area contributed by atoms with Crippen LogP contribution in [0.5, 0.6) is 0 Å². The van der Waals surface area contributed by atoms with Gasteiger partial charge in [-0.3, -0.25) is 0 Å². The van der Waals surface area contributed by atoms with Crippen molar-refractivity contribution < 1.29 is 9.31 Å². The Bertz CT molecular complexity index is 540. The van der Waals surface area contributed by atoms with Crippen LogP contribution < -0.4 is 0 Å². The molecule has 0 spiro atoms. The smallest absolute Gasteiger partial charge is 0.407 e. The minimum Gasteiger partial charge on any atom is -0.407 e. The van der Waals surface area contributed by atoms with Gasteiger partial charge in [0.1, 0.15) is 0 Å². The molecule has 2 aromatic carbocycles. The minimum absolute atomic E-state index is 0.100. The fraction of sp³-hybridized carbons (Fsp3) is 0.278. The molecule has 0 aliphatic rings. The highest BCUT2D eigenvalue weighted by Gasteiger charge is 2.22. The van der Waals surface area contributed by atoms with Gasteiger partial charge in [-0.15, -0.1) is 0 Å². The molecule has 4 heteroatoms. The quantitative estimate of drug-likeness (QED) is 0.689. The molecular weight excluding hydrogens is 273 g/mol. The Labute approximate surface area is 132 Å². The van der Waals surface area contributed by atoms with Gasteiger partial charge in [0, 0.05) is 5.92 Å². The van der Waals surface area contributed by atoms with E-state index in [4.69, 9.17) is 14.6 Å². The zero-order chi connectivity index (χ0) is 15.6. The lowest BCUT2D eigenvalue weighted by Crippen LogP contribution is -2.24. The van der Waals surface area contributed by atoms with Crippen LogP contribution in [0, 0.1) is 17.2 Å². The van der Waals surface area contributed by atoms with Gasteiger partial charge in [-0.1, -0.05) is 60.7 Å². The molecule has 0 N–H and O–H groups in total. The van der Waals surface area contributed by atoms with E-state index in [-0.39, 0.29) is 13.0 Å². The first-order valence-electron chi connectivity index (χ1n) is 7.48. The van der Waals surface area contributed by atoms with E-state index in [1.165, 1.54) is 0 Å². The van der Waals surface area contributed by atoms with Gasteiger partial charge < -0.3 is 9.31 Å². The van der Waals surface area contributed by atoms with Gasteiger partial charge in [-0.2, -0.15) is 5.26 Å². The molecule has 0 bridgehead atoms. The molecule has 2 aromatic rings. The minimum atomic E-state index is -0.380. The van der Waals surface area contributed by atoms with Crippen LogP contribution in [-0.2, 0) is 22.5 Å². The fourth-order valence-electron chi connectivity index (χ4n) is 2.05. The molecule has 0 saturated heterocycles. The van der Waals surface area contributed by atoms with E-state index >= 15 is 0 Å². The third-order valence-corrected chi connectivity index (χ3v) is 3.32. The topological polar surface area (TPSA) is 42.2 Å². The summed E-state index contributed by atoms with van der Waals surface area (Å²) < 4.78 is 11.7. The number of nitrogens with zero attached hydrogens (tertiary/aromatic N) is 1. The van der Waals surface area contributed by atoms with Gasteiger partial charge in [0.05, 0.1) is 19.3 Å². The second-order valence-electron chi connectivity index (χ2n) is 5.29. The summed E-state index contributed by atoms with van der Waals surface area (Å²) in [6.07, 6.45) is 0.566. The highest BCUT2D eigenvalue weighted by Crippen LogP contribution is 2.13. The van der Waals surface area contributed by atoms with Crippen molar-refractivity contribution in [3.63, 3.8) is 0 Å². The fourth-order valence-corrected chi connectivity index (χ4v) is 2.05. The zero-order valence-corrected chi connectivity index (χ0v) is 12.8. The number of benzene rings is 2. The predicted molar refractivity (Wildman–Crippen MR) is 87.8 cm³/mol. The maximum absolute atomic E-state index is 8.99. The molecule has 0 aliphatic carbocycles. The summed E-state index contributed by atoms with van der Waals surface area (Å²) in [5.41, 5.74) is 2.20. The summed E-state index contributed by atoms with van der Waals surface area (Å²) in [5.74, 6) is -0.100. The summed E-state index contributed by atoms with van der Waals surface area (Å²) in [7, 11) is -0.380. The second kappa shape index (κ2) is 9.04. The van der Waals surface area contributed by atoms with Crippen molar-refractivity contribution in [3.05, 3.63) is 71.8 Å². The molecule has 0 aliphatic heterocycles. The third-order valence-electron chi connectivity index (χ3n) is 3.32. The van der Waals surface area contributed by atoms with Crippen LogP contribution in [0.3, 0.4) is 0 Å². The number of rotatable bonds is 8. The SMILES string of the molecule is CC(C#N)CB(OCc1ccccc1)OCc1ccccc1. The van der Waals surface area contributed by atoms with E-state index in [1.807, 2.05) is 67.6 Å². The van der Waals surface area contributed by atoms with E-state index in [0.717, 1.165) is 11.1 Å². The summed E-state index contributed by atoms with van der Waals surface area (Å²) in [6.45, 7) is 2.85. The van der Waals surface area contributed by atoms with E-state index in [0.29, 0.717) is 19.5 Å². The Hall–Kier alpha value is -2.09. The molecule has 0 heterocycles. The maximum atomic E-state index is 8.99. The molecule has 112 valence electrons. The van der Waals surface area contributed by atoms with E-state index < -0.39 is 0 Å². The molecule has 0 radical (unpaired) electrons. The van der Waals surface area contributed by atoms with E-state index in [9.17, 15) is 0 Å². The average Bonchev–Trinajstić information content (AvgIpc) is 2.59. The lowest BCUT2D eigenvalue weighted by Gasteiger charge is -2.16. The van der Waals surface area contributed by atoms with Gasteiger partial charge in [0.2, 0.25) is 0 Å².